The van der Waals surface area contributed by atoms with Crippen molar-refractivity contribution in [3.8, 4) is 0 Å². The highest BCUT2D eigenvalue weighted by atomic mass is 16.2. The van der Waals surface area contributed by atoms with E-state index in [2.05, 4.69) is 39.1 Å². The fraction of sp³-hybridized carbons (Fsp3) is 0.550. The fourth-order valence-corrected chi connectivity index (χ4v) is 3.46. The van der Waals surface area contributed by atoms with Crippen LogP contribution in [-0.4, -0.2) is 48.3 Å². The molecule has 7 heteroatoms. The molecular formula is C20H29N5O2. The molecule has 0 bridgehead atoms. The first-order chi connectivity index (χ1) is 13.1. The van der Waals surface area contributed by atoms with E-state index in [0.29, 0.717) is 32.5 Å². The van der Waals surface area contributed by atoms with Crippen LogP contribution in [0.25, 0.3) is 0 Å². The van der Waals surface area contributed by atoms with Gasteiger partial charge in [-0.15, -0.1) is 0 Å². The van der Waals surface area contributed by atoms with Gasteiger partial charge in [0.15, 0.2) is 5.96 Å². The third kappa shape index (κ3) is 5.70. The Labute approximate surface area is 160 Å². The van der Waals surface area contributed by atoms with E-state index < -0.39 is 0 Å². The maximum atomic E-state index is 11.8. The average molecular weight is 371 g/mol. The normalized spacial score (nSPS) is 20.6. The molecule has 27 heavy (non-hydrogen) atoms. The van der Waals surface area contributed by atoms with Crippen molar-refractivity contribution in [2.75, 3.05) is 19.6 Å². The third-order valence-corrected chi connectivity index (χ3v) is 4.91. The Hall–Kier alpha value is -2.57. The summed E-state index contributed by atoms with van der Waals surface area (Å²) in [6, 6.07) is 8.47. The van der Waals surface area contributed by atoms with Gasteiger partial charge in [0.1, 0.15) is 0 Å². The van der Waals surface area contributed by atoms with Crippen LogP contribution in [0.4, 0.5) is 0 Å². The van der Waals surface area contributed by atoms with Gasteiger partial charge in [-0.05, 0) is 30.9 Å². The summed E-state index contributed by atoms with van der Waals surface area (Å²) in [5, 5.41) is 9.54. The molecule has 0 radical (unpaired) electrons. The second-order valence-electron chi connectivity index (χ2n) is 7.12. The first kappa shape index (κ1) is 19.2. The number of benzene rings is 1. The Morgan fingerprint density at radius 1 is 1.30 bits per heavy atom. The minimum Gasteiger partial charge on any atom is -0.357 e. The number of amides is 2. The van der Waals surface area contributed by atoms with Crippen molar-refractivity contribution in [1.29, 1.82) is 0 Å². The van der Waals surface area contributed by atoms with E-state index >= 15 is 0 Å². The van der Waals surface area contributed by atoms with Gasteiger partial charge >= 0.3 is 0 Å². The van der Waals surface area contributed by atoms with Crippen molar-refractivity contribution >= 4 is 17.8 Å². The summed E-state index contributed by atoms with van der Waals surface area (Å²) in [6.07, 6.45) is 3.00. The number of guanidine groups is 1. The number of rotatable bonds is 6. The van der Waals surface area contributed by atoms with Crippen LogP contribution in [0.3, 0.4) is 0 Å². The Balaban J connectivity index is 1.59. The Morgan fingerprint density at radius 2 is 2.15 bits per heavy atom. The summed E-state index contributed by atoms with van der Waals surface area (Å²) in [7, 11) is 0. The molecule has 2 saturated heterocycles. The van der Waals surface area contributed by atoms with E-state index in [1.165, 1.54) is 0 Å². The number of hydrogen-bond acceptors (Lipinski definition) is 3. The van der Waals surface area contributed by atoms with Crippen LogP contribution >= 0.6 is 0 Å². The fourth-order valence-electron chi connectivity index (χ4n) is 3.46. The van der Waals surface area contributed by atoms with Crippen LogP contribution in [-0.2, 0) is 22.7 Å². The zero-order valence-electron chi connectivity index (χ0n) is 16.0. The van der Waals surface area contributed by atoms with Crippen molar-refractivity contribution in [3.63, 3.8) is 0 Å². The topological polar surface area (TPSA) is 85.8 Å². The highest BCUT2D eigenvalue weighted by Crippen LogP contribution is 2.15. The maximum Gasteiger partial charge on any atom is 0.222 e. The number of piperidine rings is 1. The summed E-state index contributed by atoms with van der Waals surface area (Å²) in [5.41, 5.74) is 2.26. The van der Waals surface area contributed by atoms with Gasteiger partial charge in [0.2, 0.25) is 11.8 Å². The maximum absolute atomic E-state index is 11.8. The van der Waals surface area contributed by atoms with Gasteiger partial charge in [0.05, 0.1) is 6.54 Å². The molecule has 1 unspecified atom stereocenters. The predicted octanol–water partition coefficient (Wildman–Crippen LogP) is 1.14. The molecule has 0 saturated carbocycles. The summed E-state index contributed by atoms with van der Waals surface area (Å²) in [6.45, 7) is 5.54. The first-order valence-electron chi connectivity index (χ1n) is 9.81. The summed E-state index contributed by atoms with van der Waals surface area (Å²) in [5.74, 6) is 1.12. The summed E-state index contributed by atoms with van der Waals surface area (Å²) in [4.78, 5) is 29.7. The first-order valence-corrected chi connectivity index (χ1v) is 9.81. The SMILES string of the molecule is CCNC(=NCc1cccc(CN2CCCC2=O)c1)NC1CCC(=O)NC1. The van der Waals surface area contributed by atoms with Crippen molar-refractivity contribution in [2.45, 2.75) is 51.7 Å². The lowest BCUT2D eigenvalue weighted by atomic mass is 10.1. The lowest BCUT2D eigenvalue weighted by molar-refractivity contribution is -0.128. The zero-order valence-corrected chi connectivity index (χ0v) is 16.0. The molecule has 0 aromatic heterocycles. The molecule has 2 amide bonds. The third-order valence-electron chi connectivity index (χ3n) is 4.91. The molecular weight excluding hydrogens is 342 g/mol. The van der Waals surface area contributed by atoms with Gasteiger partial charge in [-0.3, -0.25) is 9.59 Å². The number of aliphatic imine (C=N–C) groups is 1. The number of nitrogens with one attached hydrogen (secondary N) is 3. The molecule has 2 aliphatic heterocycles. The lowest BCUT2D eigenvalue weighted by Gasteiger charge is -2.25. The number of nitrogens with zero attached hydrogens (tertiary/aromatic N) is 2. The minimum absolute atomic E-state index is 0.114. The molecule has 2 aliphatic rings. The lowest BCUT2D eigenvalue weighted by Crippen LogP contribution is -2.51. The molecule has 0 spiro atoms. The molecule has 1 atom stereocenters. The number of carbonyl (C=O) groups is 2. The van der Waals surface area contributed by atoms with Gasteiger partial charge in [-0.25, -0.2) is 4.99 Å². The summed E-state index contributed by atoms with van der Waals surface area (Å²) >= 11 is 0. The molecule has 3 N–H and O–H groups in total. The average Bonchev–Trinajstić information content (AvgIpc) is 3.07. The summed E-state index contributed by atoms with van der Waals surface area (Å²) < 4.78 is 0. The number of likely N-dealkylation sites (tertiary alicyclic amines) is 1. The van der Waals surface area contributed by atoms with Crippen LogP contribution in [0.2, 0.25) is 0 Å². The number of carbonyl (C=O) groups excluding carboxylic acids is 2. The van der Waals surface area contributed by atoms with E-state index in [9.17, 15) is 9.59 Å². The quantitative estimate of drug-likeness (QED) is 0.517. The molecule has 0 aliphatic carbocycles. The molecule has 1 aromatic carbocycles. The van der Waals surface area contributed by atoms with Gasteiger partial charge < -0.3 is 20.9 Å². The Kier molecular flexibility index (Phi) is 6.68. The van der Waals surface area contributed by atoms with Crippen LogP contribution < -0.4 is 16.0 Å². The van der Waals surface area contributed by atoms with Gasteiger partial charge in [-0.2, -0.15) is 0 Å². The van der Waals surface area contributed by atoms with Crippen LogP contribution in [0.15, 0.2) is 29.3 Å². The molecule has 2 fully saturated rings. The van der Waals surface area contributed by atoms with Crippen LogP contribution in [0.5, 0.6) is 0 Å². The largest absolute Gasteiger partial charge is 0.357 e. The van der Waals surface area contributed by atoms with Crippen LogP contribution in [0, 0.1) is 0 Å². The molecule has 1 aromatic rings. The second kappa shape index (κ2) is 9.39. The highest BCUT2D eigenvalue weighted by Gasteiger charge is 2.20. The standard InChI is InChI=1S/C20H29N5O2/c1-2-21-20(24-17-8-9-18(26)22-13-17)23-12-15-5-3-6-16(11-15)14-25-10-4-7-19(25)27/h3,5-6,11,17H,2,4,7-10,12-14H2,1H3,(H,22,26)(H2,21,23,24). The highest BCUT2D eigenvalue weighted by molar-refractivity contribution is 5.81. The van der Waals surface area contributed by atoms with E-state index in [4.69, 9.17) is 0 Å². The predicted molar refractivity (Wildman–Crippen MR) is 105 cm³/mol. The smallest absolute Gasteiger partial charge is 0.222 e. The van der Waals surface area contributed by atoms with E-state index in [-0.39, 0.29) is 17.9 Å². The monoisotopic (exact) mass is 371 g/mol. The molecule has 7 nitrogen and oxygen atoms in total. The second-order valence-corrected chi connectivity index (χ2v) is 7.12. The van der Waals surface area contributed by atoms with Crippen molar-refractivity contribution in [1.82, 2.24) is 20.9 Å². The zero-order chi connectivity index (χ0) is 19.1. The van der Waals surface area contributed by atoms with E-state index in [1.54, 1.807) is 0 Å². The van der Waals surface area contributed by atoms with E-state index in [1.807, 2.05) is 17.9 Å². The molecule has 146 valence electrons. The van der Waals surface area contributed by atoms with Crippen molar-refractivity contribution in [2.24, 2.45) is 4.99 Å². The van der Waals surface area contributed by atoms with Gasteiger partial charge in [0, 0.05) is 45.1 Å². The van der Waals surface area contributed by atoms with Crippen LogP contribution in [0.1, 0.15) is 43.7 Å². The Morgan fingerprint density at radius 3 is 2.85 bits per heavy atom. The minimum atomic E-state index is 0.114. The van der Waals surface area contributed by atoms with Crippen molar-refractivity contribution in [3.05, 3.63) is 35.4 Å². The van der Waals surface area contributed by atoms with Crippen molar-refractivity contribution < 1.29 is 9.59 Å². The van der Waals surface area contributed by atoms with Gasteiger partial charge in [0.25, 0.3) is 0 Å². The number of hydrogen-bond donors (Lipinski definition) is 3. The Bertz CT molecular complexity index is 693. The van der Waals surface area contributed by atoms with E-state index in [0.717, 1.165) is 43.0 Å². The molecule has 3 rings (SSSR count). The van der Waals surface area contributed by atoms with Gasteiger partial charge in [-0.1, -0.05) is 24.3 Å². The molecule has 2 heterocycles.